The van der Waals surface area contributed by atoms with E-state index < -0.39 is 0 Å². The van der Waals surface area contributed by atoms with Gasteiger partial charge in [0.05, 0.1) is 0 Å². The molecule has 0 bridgehead atoms. The zero-order valence-electron chi connectivity index (χ0n) is 12.0. The lowest BCUT2D eigenvalue weighted by Gasteiger charge is -1.90. The van der Waals surface area contributed by atoms with Crippen LogP contribution in [-0.4, -0.2) is 0 Å². The molecular weight excluding hydrogens is 168 g/mol. The van der Waals surface area contributed by atoms with Gasteiger partial charge in [-0.1, -0.05) is 81.1 Å². The first kappa shape index (κ1) is 19.6. The van der Waals surface area contributed by atoms with Crippen LogP contribution in [0.2, 0.25) is 0 Å². The molecule has 0 heterocycles. The fourth-order valence-corrected chi connectivity index (χ4v) is 0. The number of hydrogen-bond acceptors (Lipinski definition) is 0. The Labute approximate surface area is 93.5 Å². The van der Waals surface area contributed by atoms with Crippen molar-refractivity contribution in [3.8, 4) is 0 Å². The van der Waals surface area contributed by atoms with Gasteiger partial charge in [0.2, 0.25) is 0 Å². The largest absolute Gasteiger partial charge is 0.0654 e. The summed E-state index contributed by atoms with van der Waals surface area (Å²) in [5.74, 6) is 1.77. The molecule has 0 saturated heterocycles. The van der Waals surface area contributed by atoms with Crippen molar-refractivity contribution in [2.45, 2.75) is 81.1 Å². The summed E-state index contributed by atoms with van der Waals surface area (Å²) < 4.78 is 0. The second kappa shape index (κ2) is 18.7. The Bertz CT molecular complexity index is 52.4. The van der Waals surface area contributed by atoms with Crippen LogP contribution in [0.25, 0.3) is 0 Å². The topological polar surface area (TPSA) is 0 Å². The zero-order valence-corrected chi connectivity index (χ0v) is 12.0. The summed E-state index contributed by atoms with van der Waals surface area (Å²) in [6.45, 7) is 17.6. The van der Waals surface area contributed by atoms with Crippen molar-refractivity contribution in [1.29, 1.82) is 0 Å². The molecule has 0 unspecified atom stereocenters. The van der Waals surface area contributed by atoms with Crippen LogP contribution in [0.1, 0.15) is 81.1 Å². The average molecular weight is 202 g/mol. The van der Waals surface area contributed by atoms with Crippen molar-refractivity contribution in [1.82, 2.24) is 0 Å². The summed E-state index contributed by atoms with van der Waals surface area (Å²) in [6, 6.07) is 0. The molecule has 0 spiro atoms. The van der Waals surface area contributed by atoms with Gasteiger partial charge in [-0.15, -0.1) is 0 Å². The van der Waals surface area contributed by atoms with E-state index in [4.69, 9.17) is 0 Å². The number of rotatable bonds is 3. The van der Waals surface area contributed by atoms with Gasteiger partial charge >= 0.3 is 0 Å². The van der Waals surface area contributed by atoms with Crippen LogP contribution >= 0.6 is 0 Å². The minimum absolute atomic E-state index is 0.884. The second-order valence-corrected chi connectivity index (χ2v) is 4.60. The van der Waals surface area contributed by atoms with E-state index in [2.05, 4.69) is 55.4 Å². The van der Waals surface area contributed by atoms with Gasteiger partial charge in [-0.3, -0.25) is 0 Å². The van der Waals surface area contributed by atoms with Crippen molar-refractivity contribution < 1.29 is 0 Å². The highest BCUT2D eigenvalue weighted by molar-refractivity contribution is 4.33. The van der Waals surface area contributed by atoms with Crippen molar-refractivity contribution >= 4 is 0 Å². The van der Waals surface area contributed by atoms with Crippen molar-refractivity contribution in [3.63, 3.8) is 0 Å². The van der Waals surface area contributed by atoms with Crippen molar-refractivity contribution in [2.75, 3.05) is 0 Å². The third-order valence-electron chi connectivity index (χ3n) is 2.13. The Balaban J connectivity index is -0.000000131. The van der Waals surface area contributed by atoms with Gasteiger partial charge in [-0.05, 0) is 11.8 Å². The van der Waals surface area contributed by atoms with E-state index in [-0.39, 0.29) is 0 Å². The lowest BCUT2D eigenvalue weighted by atomic mass is 10.2. The molecule has 0 aromatic rings. The second-order valence-electron chi connectivity index (χ2n) is 4.60. The molecule has 0 nitrogen and oxygen atoms in total. The van der Waals surface area contributed by atoms with Crippen LogP contribution in [-0.2, 0) is 0 Å². The van der Waals surface area contributed by atoms with E-state index in [9.17, 15) is 0 Å². The van der Waals surface area contributed by atoms with Crippen LogP contribution < -0.4 is 0 Å². The van der Waals surface area contributed by atoms with Crippen LogP contribution in [0.4, 0.5) is 0 Å². The molecule has 14 heavy (non-hydrogen) atoms. The molecule has 0 radical (unpaired) electrons. The molecule has 0 amide bonds. The van der Waals surface area contributed by atoms with E-state index in [0.717, 1.165) is 11.8 Å². The van der Waals surface area contributed by atoms with Crippen LogP contribution in [0.15, 0.2) is 0 Å². The summed E-state index contributed by atoms with van der Waals surface area (Å²) >= 11 is 0. The van der Waals surface area contributed by atoms with Gasteiger partial charge in [-0.25, -0.2) is 0 Å². The fourth-order valence-electron chi connectivity index (χ4n) is 0. The highest BCUT2D eigenvalue weighted by Gasteiger charge is 1.80. The number of hydrogen-bond donors (Lipinski definition) is 0. The van der Waals surface area contributed by atoms with Gasteiger partial charge in [0.25, 0.3) is 0 Å². The van der Waals surface area contributed by atoms with Gasteiger partial charge in [-0.2, -0.15) is 0 Å². The third-order valence-corrected chi connectivity index (χ3v) is 2.13. The average Bonchev–Trinajstić information content (AvgIpc) is 2.19. The van der Waals surface area contributed by atoms with Crippen molar-refractivity contribution in [2.24, 2.45) is 11.8 Å². The maximum atomic E-state index is 2.22. The molecule has 0 aliphatic carbocycles. The predicted octanol–water partition coefficient (Wildman–Crippen LogP) is 5.91. The van der Waals surface area contributed by atoms with Gasteiger partial charge < -0.3 is 0 Å². The van der Waals surface area contributed by atoms with Crippen LogP contribution in [0, 0.1) is 11.8 Å². The Morgan fingerprint density at radius 1 is 0.571 bits per heavy atom. The quantitative estimate of drug-likeness (QED) is 0.533. The summed E-state index contributed by atoms with van der Waals surface area (Å²) in [5, 5.41) is 0. The normalized spacial score (nSPS) is 9.00. The predicted molar refractivity (Wildman–Crippen MR) is 70.8 cm³/mol. The van der Waals surface area contributed by atoms with E-state index in [1.54, 1.807) is 0 Å². The molecule has 0 aliphatic heterocycles. The Morgan fingerprint density at radius 2 is 0.714 bits per heavy atom. The molecule has 0 N–H and O–H groups in total. The van der Waals surface area contributed by atoms with Crippen molar-refractivity contribution in [3.05, 3.63) is 0 Å². The molecule has 0 aromatic carbocycles. The first-order valence-electron chi connectivity index (χ1n) is 6.45. The summed E-state index contributed by atoms with van der Waals surface area (Å²) in [7, 11) is 0. The minimum atomic E-state index is 0.884. The van der Waals surface area contributed by atoms with Crippen LogP contribution in [0.5, 0.6) is 0 Å². The van der Waals surface area contributed by atoms with E-state index in [1.807, 2.05) is 0 Å². The van der Waals surface area contributed by atoms with Gasteiger partial charge in [0.15, 0.2) is 0 Å². The van der Waals surface area contributed by atoms with Gasteiger partial charge in [0, 0.05) is 0 Å². The standard InChI is InChI=1S/2C5H12.C4H10/c2*1-4-5(2)3;1-3-4-2/h2*5H,4H2,1-3H3;3-4H2,1-2H3. The Kier molecular flexibility index (Phi) is 26.1. The fraction of sp³-hybridized carbons (Fsp3) is 1.00. The molecule has 0 atom stereocenters. The molecule has 0 heteroatoms. The lowest BCUT2D eigenvalue weighted by Crippen LogP contribution is -1.77. The van der Waals surface area contributed by atoms with E-state index in [0.29, 0.717) is 0 Å². The van der Waals surface area contributed by atoms with Gasteiger partial charge in [0.1, 0.15) is 0 Å². The molecular formula is C14H34. The molecule has 0 fully saturated rings. The first-order valence-corrected chi connectivity index (χ1v) is 6.45. The summed E-state index contributed by atoms with van der Waals surface area (Å²) in [5.41, 5.74) is 0. The summed E-state index contributed by atoms with van der Waals surface area (Å²) in [6.07, 6.45) is 5.25. The highest BCUT2D eigenvalue weighted by Crippen LogP contribution is 1.94. The summed E-state index contributed by atoms with van der Waals surface area (Å²) in [4.78, 5) is 0. The minimum Gasteiger partial charge on any atom is -0.0654 e. The molecule has 0 aliphatic rings. The Hall–Kier alpha value is 0. The Morgan fingerprint density at radius 3 is 0.714 bits per heavy atom. The highest BCUT2D eigenvalue weighted by atomic mass is 13.9. The monoisotopic (exact) mass is 202 g/mol. The maximum Gasteiger partial charge on any atom is -0.0474 e. The smallest absolute Gasteiger partial charge is 0.0474 e. The number of unbranched alkanes of at least 4 members (excludes halogenated alkanes) is 1. The lowest BCUT2D eigenvalue weighted by molar-refractivity contribution is 0.626. The van der Waals surface area contributed by atoms with E-state index in [1.165, 1.54) is 25.7 Å². The zero-order chi connectivity index (χ0) is 12.0. The SMILES string of the molecule is CCC(C)C.CCC(C)C.CCCC. The molecule has 0 rings (SSSR count). The maximum absolute atomic E-state index is 2.22. The molecule has 0 aromatic heterocycles. The van der Waals surface area contributed by atoms with E-state index >= 15 is 0 Å². The molecule has 90 valence electrons. The first-order chi connectivity index (χ1) is 6.45. The molecule has 0 saturated carbocycles. The van der Waals surface area contributed by atoms with Crippen LogP contribution in [0.3, 0.4) is 0 Å². The third kappa shape index (κ3) is 58.1.